The molecule has 0 spiro atoms. The Kier molecular flexibility index (Phi) is 4.02. The summed E-state index contributed by atoms with van der Waals surface area (Å²) in [6.07, 6.45) is 1.29. The van der Waals surface area contributed by atoms with Gasteiger partial charge in [0.1, 0.15) is 5.75 Å². The number of ether oxygens (including phenoxy) is 1. The number of hydrogen-bond donors (Lipinski definition) is 0. The first-order valence-corrected chi connectivity index (χ1v) is 7.78. The highest BCUT2D eigenvalue weighted by Crippen LogP contribution is 2.27. The maximum absolute atomic E-state index is 12.4. The minimum atomic E-state index is 0.211. The van der Waals surface area contributed by atoms with Gasteiger partial charge in [-0.05, 0) is 30.2 Å². The predicted octanol–water partition coefficient (Wildman–Crippen LogP) is 4.73. The fraction of sp³-hybridized carbons (Fsp3) is 0.167. The van der Waals surface area contributed by atoms with Crippen molar-refractivity contribution in [2.45, 2.75) is 12.8 Å². The van der Waals surface area contributed by atoms with Gasteiger partial charge in [-0.25, -0.2) is 0 Å². The van der Waals surface area contributed by atoms with Gasteiger partial charge in [0.05, 0.1) is 7.11 Å². The van der Waals surface area contributed by atoms with E-state index in [2.05, 4.69) is 6.07 Å². The molecule has 3 aromatic rings. The van der Waals surface area contributed by atoms with Gasteiger partial charge >= 0.3 is 0 Å². The predicted molar refractivity (Wildman–Crippen MR) is 87.5 cm³/mol. The Hall–Kier alpha value is -2.13. The molecule has 2 nitrogen and oxygen atoms in total. The van der Waals surface area contributed by atoms with Gasteiger partial charge in [0, 0.05) is 27.5 Å². The Labute approximate surface area is 128 Å². The molecule has 21 heavy (non-hydrogen) atoms. The Bertz CT molecular complexity index is 756. The van der Waals surface area contributed by atoms with Crippen molar-refractivity contribution in [1.82, 2.24) is 0 Å². The zero-order chi connectivity index (χ0) is 14.7. The number of benzene rings is 2. The lowest BCUT2D eigenvalue weighted by atomic mass is 10.0. The molecular formula is C18H16O2S. The van der Waals surface area contributed by atoms with Crippen LogP contribution in [0.5, 0.6) is 5.75 Å². The molecule has 0 aliphatic rings. The van der Waals surface area contributed by atoms with E-state index in [0.29, 0.717) is 6.42 Å². The summed E-state index contributed by atoms with van der Waals surface area (Å²) in [7, 11) is 1.65. The molecule has 0 N–H and O–H groups in total. The fourth-order valence-electron chi connectivity index (χ4n) is 2.38. The number of rotatable bonds is 5. The van der Waals surface area contributed by atoms with Crippen molar-refractivity contribution < 1.29 is 9.53 Å². The van der Waals surface area contributed by atoms with E-state index in [1.807, 2.05) is 47.8 Å². The van der Waals surface area contributed by atoms with Crippen LogP contribution in [-0.2, 0) is 6.42 Å². The van der Waals surface area contributed by atoms with Gasteiger partial charge in [0.25, 0.3) is 0 Å². The van der Waals surface area contributed by atoms with Gasteiger partial charge in [0.2, 0.25) is 0 Å². The van der Waals surface area contributed by atoms with Gasteiger partial charge < -0.3 is 4.74 Å². The normalized spacial score (nSPS) is 10.7. The molecule has 0 amide bonds. The first-order valence-electron chi connectivity index (χ1n) is 6.90. The minimum absolute atomic E-state index is 0.211. The second-order valence-electron chi connectivity index (χ2n) is 4.92. The van der Waals surface area contributed by atoms with E-state index in [1.54, 1.807) is 18.4 Å². The van der Waals surface area contributed by atoms with Crippen LogP contribution < -0.4 is 4.74 Å². The number of methoxy groups -OCH3 is 1. The number of thiophene rings is 1. The van der Waals surface area contributed by atoms with Crippen molar-refractivity contribution in [3.8, 4) is 5.75 Å². The molecule has 1 heterocycles. The SMILES string of the molecule is COc1ccc(CCC(=O)c2csc3ccccc23)cc1. The average molecular weight is 296 g/mol. The number of carbonyl (C=O) groups is 1. The Morgan fingerprint density at radius 2 is 1.86 bits per heavy atom. The number of carbonyl (C=O) groups excluding carboxylic acids is 1. The van der Waals surface area contributed by atoms with E-state index < -0.39 is 0 Å². The highest BCUT2D eigenvalue weighted by atomic mass is 32.1. The molecule has 3 rings (SSSR count). The second kappa shape index (κ2) is 6.10. The maximum atomic E-state index is 12.4. The molecule has 0 atom stereocenters. The summed E-state index contributed by atoms with van der Waals surface area (Å²) in [5.41, 5.74) is 2.01. The lowest BCUT2D eigenvalue weighted by Crippen LogP contribution is -2.00. The molecule has 1 aromatic heterocycles. The van der Waals surface area contributed by atoms with E-state index in [1.165, 1.54) is 4.70 Å². The quantitative estimate of drug-likeness (QED) is 0.636. The van der Waals surface area contributed by atoms with Gasteiger partial charge in [-0.1, -0.05) is 30.3 Å². The van der Waals surface area contributed by atoms with Gasteiger partial charge in [-0.2, -0.15) is 0 Å². The summed E-state index contributed by atoms with van der Waals surface area (Å²) >= 11 is 1.63. The van der Waals surface area contributed by atoms with Crippen molar-refractivity contribution in [2.24, 2.45) is 0 Å². The fourth-order valence-corrected chi connectivity index (χ4v) is 3.34. The first-order chi connectivity index (χ1) is 10.3. The molecule has 2 aromatic carbocycles. The van der Waals surface area contributed by atoms with Crippen LogP contribution in [0.3, 0.4) is 0 Å². The van der Waals surface area contributed by atoms with Crippen molar-refractivity contribution in [2.75, 3.05) is 7.11 Å². The highest BCUT2D eigenvalue weighted by Gasteiger charge is 2.11. The topological polar surface area (TPSA) is 26.3 Å². The monoisotopic (exact) mass is 296 g/mol. The first kappa shape index (κ1) is 13.8. The van der Waals surface area contributed by atoms with Crippen molar-refractivity contribution in [3.63, 3.8) is 0 Å². The molecular weight excluding hydrogens is 280 g/mol. The van der Waals surface area contributed by atoms with Crippen LogP contribution in [0.2, 0.25) is 0 Å². The third-order valence-corrected chi connectivity index (χ3v) is 4.54. The summed E-state index contributed by atoms with van der Waals surface area (Å²) < 4.78 is 6.31. The third-order valence-electron chi connectivity index (χ3n) is 3.58. The molecule has 0 unspecified atom stereocenters. The van der Waals surface area contributed by atoms with E-state index in [4.69, 9.17) is 4.74 Å². The second-order valence-corrected chi connectivity index (χ2v) is 5.83. The Balaban J connectivity index is 1.71. The van der Waals surface area contributed by atoms with Gasteiger partial charge in [-0.15, -0.1) is 11.3 Å². The Morgan fingerprint density at radius 3 is 2.62 bits per heavy atom. The van der Waals surface area contributed by atoms with Crippen LogP contribution in [0.25, 0.3) is 10.1 Å². The summed E-state index contributed by atoms with van der Waals surface area (Å²) in [6, 6.07) is 15.9. The van der Waals surface area contributed by atoms with Crippen LogP contribution in [0.15, 0.2) is 53.9 Å². The van der Waals surface area contributed by atoms with Crippen LogP contribution in [0.4, 0.5) is 0 Å². The lowest BCUT2D eigenvalue weighted by Gasteiger charge is -2.03. The largest absolute Gasteiger partial charge is 0.497 e. The van der Waals surface area contributed by atoms with Crippen LogP contribution >= 0.6 is 11.3 Å². The number of Topliss-reactive ketones (excluding diaryl/α,β-unsaturated/α-hetero) is 1. The van der Waals surface area contributed by atoms with Crippen molar-refractivity contribution in [1.29, 1.82) is 0 Å². The average Bonchev–Trinajstić information content (AvgIpc) is 2.97. The Morgan fingerprint density at radius 1 is 1.10 bits per heavy atom. The maximum Gasteiger partial charge on any atom is 0.164 e. The van der Waals surface area contributed by atoms with E-state index in [-0.39, 0.29) is 5.78 Å². The third kappa shape index (κ3) is 2.98. The zero-order valence-corrected chi connectivity index (χ0v) is 12.7. The standard InChI is InChI=1S/C18H16O2S/c1-20-14-9-6-13(7-10-14)8-11-17(19)16-12-21-18-5-3-2-4-15(16)18/h2-7,9-10,12H,8,11H2,1H3. The van der Waals surface area contributed by atoms with E-state index in [0.717, 1.165) is 28.7 Å². The summed E-state index contributed by atoms with van der Waals surface area (Å²) in [5.74, 6) is 1.05. The number of ketones is 1. The summed E-state index contributed by atoms with van der Waals surface area (Å²) in [6.45, 7) is 0. The van der Waals surface area contributed by atoms with Crippen molar-refractivity contribution in [3.05, 3.63) is 65.0 Å². The molecule has 0 saturated carbocycles. The van der Waals surface area contributed by atoms with Crippen LogP contribution in [-0.4, -0.2) is 12.9 Å². The number of fused-ring (bicyclic) bond motifs is 1. The number of hydrogen-bond acceptors (Lipinski definition) is 3. The molecule has 0 fully saturated rings. The van der Waals surface area contributed by atoms with E-state index in [9.17, 15) is 4.79 Å². The summed E-state index contributed by atoms with van der Waals surface area (Å²) in [5, 5.41) is 3.04. The highest BCUT2D eigenvalue weighted by molar-refractivity contribution is 7.17. The zero-order valence-electron chi connectivity index (χ0n) is 11.8. The number of aryl methyl sites for hydroxylation is 1. The van der Waals surface area contributed by atoms with Crippen LogP contribution in [0, 0.1) is 0 Å². The van der Waals surface area contributed by atoms with Gasteiger partial charge in [-0.3, -0.25) is 4.79 Å². The molecule has 0 aliphatic carbocycles. The van der Waals surface area contributed by atoms with E-state index >= 15 is 0 Å². The molecule has 3 heteroatoms. The summed E-state index contributed by atoms with van der Waals surface area (Å²) in [4.78, 5) is 12.4. The minimum Gasteiger partial charge on any atom is -0.497 e. The molecule has 106 valence electrons. The lowest BCUT2D eigenvalue weighted by molar-refractivity contribution is 0.0985. The van der Waals surface area contributed by atoms with Gasteiger partial charge in [0.15, 0.2) is 5.78 Å². The molecule has 0 aliphatic heterocycles. The van der Waals surface area contributed by atoms with Crippen LogP contribution in [0.1, 0.15) is 22.3 Å². The molecule has 0 saturated heterocycles. The molecule has 0 bridgehead atoms. The molecule has 0 radical (unpaired) electrons. The van der Waals surface area contributed by atoms with Crippen molar-refractivity contribution >= 4 is 27.2 Å². The smallest absolute Gasteiger partial charge is 0.164 e.